The van der Waals surface area contributed by atoms with Crippen molar-refractivity contribution < 1.29 is 0 Å². The summed E-state index contributed by atoms with van der Waals surface area (Å²) in [6.07, 6.45) is 2.05. The van der Waals surface area contributed by atoms with Gasteiger partial charge in [0.25, 0.3) is 0 Å². The van der Waals surface area contributed by atoms with Gasteiger partial charge in [0.15, 0.2) is 0 Å². The fourth-order valence-electron chi connectivity index (χ4n) is 2.10. The van der Waals surface area contributed by atoms with Crippen molar-refractivity contribution >= 4 is 21.7 Å². The van der Waals surface area contributed by atoms with E-state index in [0.717, 1.165) is 35.4 Å². The first-order valence-corrected chi connectivity index (χ1v) is 6.63. The molecule has 4 nitrogen and oxygen atoms in total. The molecule has 1 aromatic rings. The minimum atomic E-state index is 0.341. The largest absolute Gasteiger partial charge is 0.369 e. The van der Waals surface area contributed by atoms with E-state index < -0.39 is 0 Å². The third-order valence-electron chi connectivity index (χ3n) is 2.91. The standard InChI is InChI=1S/C11H19BrN4/c1-7(2)5-9-10(12)11-14-4-3-8(6-13)16(11)15-9/h7-8,14H,3-6,13H2,1-2H3. The van der Waals surface area contributed by atoms with Crippen LogP contribution in [0.3, 0.4) is 0 Å². The molecular weight excluding hydrogens is 268 g/mol. The van der Waals surface area contributed by atoms with Crippen LogP contribution in [0.1, 0.15) is 32.0 Å². The number of aromatic nitrogens is 2. The Morgan fingerprint density at radius 2 is 2.38 bits per heavy atom. The third kappa shape index (κ3) is 2.11. The van der Waals surface area contributed by atoms with Crippen LogP contribution in [0.15, 0.2) is 4.47 Å². The molecule has 2 rings (SSSR count). The van der Waals surface area contributed by atoms with Gasteiger partial charge in [-0.1, -0.05) is 13.8 Å². The van der Waals surface area contributed by atoms with Gasteiger partial charge in [0, 0.05) is 13.1 Å². The van der Waals surface area contributed by atoms with Crippen molar-refractivity contribution in [2.75, 3.05) is 18.4 Å². The fraction of sp³-hybridized carbons (Fsp3) is 0.727. The number of fused-ring (bicyclic) bond motifs is 1. The van der Waals surface area contributed by atoms with Crippen LogP contribution in [0.4, 0.5) is 5.82 Å². The zero-order chi connectivity index (χ0) is 11.7. The number of hydrogen-bond acceptors (Lipinski definition) is 3. The van der Waals surface area contributed by atoms with Crippen molar-refractivity contribution in [1.29, 1.82) is 0 Å². The summed E-state index contributed by atoms with van der Waals surface area (Å²) >= 11 is 3.64. The first-order valence-electron chi connectivity index (χ1n) is 5.84. The second-order valence-electron chi connectivity index (χ2n) is 4.76. The normalized spacial score (nSPS) is 19.7. The van der Waals surface area contributed by atoms with E-state index in [9.17, 15) is 0 Å². The quantitative estimate of drug-likeness (QED) is 0.895. The van der Waals surface area contributed by atoms with Gasteiger partial charge in [-0.25, -0.2) is 4.68 Å². The van der Waals surface area contributed by atoms with Crippen molar-refractivity contribution in [2.45, 2.75) is 32.7 Å². The Kier molecular flexibility index (Phi) is 3.54. The van der Waals surface area contributed by atoms with E-state index in [1.54, 1.807) is 0 Å². The van der Waals surface area contributed by atoms with Crippen molar-refractivity contribution in [1.82, 2.24) is 9.78 Å². The summed E-state index contributed by atoms with van der Waals surface area (Å²) in [5, 5.41) is 8.06. The summed E-state index contributed by atoms with van der Waals surface area (Å²) in [5.74, 6) is 1.71. The number of nitrogens with one attached hydrogen (secondary N) is 1. The molecule has 0 spiro atoms. The van der Waals surface area contributed by atoms with Crippen LogP contribution >= 0.6 is 15.9 Å². The first-order chi connectivity index (χ1) is 7.63. The predicted molar refractivity (Wildman–Crippen MR) is 69.7 cm³/mol. The minimum absolute atomic E-state index is 0.341. The lowest BCUT2D eigenvalue weighted by molar-refractivity contribution is 0.423. The zero-order valence-electron chi connectivity index (χ0n) is 9.83. The van der Waals surface area contributed by atoms with Crippen molar-refractivity contribution in [3.8, 4) is 0 Å². The summed E-state index contributed by atoms with van der Waals surface area (Å²) in [5.41, 5.74) is 6.91. The molecule has 5 heteroatoms. The molecule has 1 aromatic heterocycles. The van der Waals surface area contributed by atoms with Crippen molar-refractivity contribution in [3.05, 3.63) is 10.2 Å². The summed E-state index contributed by atoms with van der Waals surface area (Å²) in [7, 11) is 0. The highest BCUT2D eigenvalue weighted by atomic mass is 79.9. The Balaban J connectivity index is 2.33. The summed E-state index contributed by atoms with van der Waals surface area (Å²) in [6.45, 7) is 6.05. The van der Waals surface area contributed by atoms with Crippen LogP contribution in [0.5, 0.6) is 0 Å². The van der Waals surface area contributed by atoms with Gasteiger partial charge < -0.3 is 11.1 Å². The fourth-order valence-corrected chi connectivity index (χ4v) is 2.66. The maximum absolute atomic E-state index is 5.77. The molecule has 3 N–H and O–H groups in total. The summed E-state index contributed by atoms with van der Waals surface area (Å²) in [4.78, 5) is 0. The van der Waals surface area contributed by atoms with Crippen LogP contribution in [0, 0.1) is 5.92 Å². The van der Waals surface area contributed by atoms with Crippen LogP contribution in [-0.2, 0) is 6.42 Å². The monoisotopic (exact) mass is 286 g/mol. The maximum Gasteiger partial charge on any atom is 0.139 e. The minimum Gasteiger partial charge on any atom is -0.369 e. The molecule has 0 bridgehead atoms. The molecule has 1 unspecified atom stereocenters. The molecule has 90 valence electrons. The number of hydrogen-bond donors (Lipinski definition) is 2. The summed E-state index contributed by atoms with van der Waals surface area (Å²) < 4.78 is 3.16. The van der Waals surface area contributed by atoms with Crippen LogP contribution in [0.2, 0.25) is 0 Å². The second kappa shape index (κ2) is 4.75. The molecule has 0 aromatic carbocycles. The average Bonchev–Trinajstić information content (AvgIpc) is 2.55. The first kappa shape index (κ1) is 11.9. The highest BCUT2D eigenvalue weighted by molar-refractivity contribution is 9.10. The molecule has 0 aliphatic carbocycles. The predicted octanol–water partition coefficient (Wildman–Crippen LogP) is 2.16. The lowest BCUT2D eigenvalue weighted by Gasteiger charge is -2.24. The Morgan fingerprint density at radius 1 is 1.62 bits per heavy atom. The molecule has 1 aliphatic rings. The number of rotatable bonds is 3. The zero-order valence-corrected chi connectivity index (χ0v) is 11.4. The molecule has 0 radical (unpaired) electrons. The van der Waals surface area contributed by atoms with Crippen LogP contribution in [0.25, 0.3) is 0 Å². The van der Waals surface area contributed by atoms with Gasteiger partial charge in [-0.2, -0.15) is 5.10 Å². The van der Waals surface area contributed by atoms with Gasteiger partial charge in [0.05, 0.1) is 16.2 Å². The van der Waals surface area contributed by atoms with E-state index in [1.807, 2.05) is 4.68 Å². The third-order valence-corrected chi connectivity index (χ3v) is 3.74. The van der Waals surface area contributed by atoms with Crippen LogP contribution in [-0.4, -0.2) is 22.9 Å². The Hall–Kier alpha value is -0.550. The van der Waals surface area contributed by atoms with E-state index >= 15 is 0 Å². The van der Waals surface area contributed by atoms with Gasteiger partial charge >= 0.3 is 0 Å². The Morgan fingerprint density at radius 3 is 3.00 bits per heavy atom. The van der Waals surface area contributed by atoms with E-state index in [2.05, 4.69) is 40.2 Å². The second-order valence-corrected chi connectivity index (χ2v) is 5.55. The van der Waals surface area contributed by atoms with Gasteiger partial charge in [0.1, 0.15) is 5.82 Å². The molecule has 16 heavy (non-hydrogen) atoms. The van der Waals surface area contributed by atoms with Crippen molar-refractivity contribution in [2.24, 2.45) is 11.7 Å². The Labute approximate surface area is 105 Å². The smallest absolute Gasteiger partial charge is 0.139 e. The molecule has 0 amide bonds. The highest BCUT2D eigenvalue weighted by Gasteiger charge is 2.24. The molecule has 0 saturated carbocycles. The van der Waals surface area contributed by atoms with E-state index in [1.165, 1.54) is 0 Å². The number of nitrogens with two attached hydrogens (primary N) is 1. The molecule has 2 heterocycles. The van der Waals surface area contributed by atoms with Gasteiger partial charge in [-0.05, 0) is 34.7 Å². The number of nitrogens with zero attached hydrogens (tertiary/aromatic N) is 2. The maximum atomic E-state index is 5.77. The number of anilines is 1. The van der Waals surface area contributed by atoms with Gasteiger partial charge in [-0.3, -0.25) is 0 Å². The van der Waals surface area contributed by atoms with Gasteiger partial charge in [-0.15, -0.1) is 0 Å². The molecule has 0 fully saturated rings. The highest BCUT2D eigenvalue weighted by Crippen LogP contribution is 2.33. The Bertz CT molecular complexity index is 372. The molecular formula is C11H19BrN4. The lowest BCUT2D eigenvalue weighted by atomic mass is 10.1. The molecule has 0 saturated heterocycles. The van der Waals surface area contributed by atoms with E-state index in [0.29, 0.717) is 18.5 Å². The summed E-state index contributed by atoms with van der Waals surface area (Å²) in [6, 6.07) is 0.341. The van der Waals surface area contributed by atoms with E-state index in [4.69, 9.17) is 5.73 Å². The van der Waals surface area contributed by atoms with Gasteiger partial charge in [0.2, 0.25) is 0 Å². The topological polar surface area (TPSA) is 55.9 Å². The SMILES string of the molecule is CC(C)Cc1nn2c(c1Br)NCCC2CN. The number of halogens is 1. The molecule has 1 atom stereocenters. The van der Waals surface area contributed by atoms with Crippen LogP contribution < -0.4 is 11.1 Å². The van der Waals surface area contributed by atoms with E-state index in [-0.39, 0.29) is 0 Å². The molecule has 1 aliphatic heterocycles. The average molecular weight is 287 g/mol. The lowest BCUT2D eigenvalue weighted by Crippen LogP contribution is -2.28. The van der Waals surface area contributed by atoms with Crippen molar-refractivity contribution in [3.63, 3.8) is 0 Å².